The number of hydrogen-bond acceptors (Lipinski definition) is 2. The minimum Gasteiger partial charge on any atom is -0.305 e. The Labute approximate surface area is 244 Å². The van der Waals surface area contributed by atoms with E-state index in [0.717, 1.165) is 28.9 Å². The molecule has 0 saturated carbocycles. The predicted octanol–water partition coefficient (Wildman–Crippen LogP) is 8.66. The normalized spacial score (nSPS) is 10.1. The first-order chi connectivity index (χ1) is 18.8. The molecule has 3 heteroatoms. The van der Waals surface area contributed by atoms with Gasteiger partial charge >= 0.3 is 0 Å². The minimum atomic E-state index is 0. The zero-order chi connectivity index (χ0) is 26.0. The van der Waals surface area contributed by atoms with Crippen LogP contribution in [0.1, 0.15) is 16.7 Å². The maximum atomic E-state index is 4.50. The molecule has 0 fully saturated rings. The van der Waals surface area contributed by atoms with Crippen molar-refractivity contribution in [3.8, 4) is 33.6 Å². The van der Waals surface area contributed by atoms with E-state index in [1.165, 1.54) is 27.8 Å². The molecular weight excluding hydrogens is 653 g/mol. The summed E-state index contributed by atoms with van der Waals surface area (Å²) >= 11 is 0. The third-order valence-corrected chi connectivity index (χ3v) is 6.23. The van der Waals surface area contributed by atoms with E-state index in [0.29, 0.717) is 0 Å². The van der Waals surface area contributed by atoms with E-state index < -0.39 is 0 Å². The molecule has 0 spiro atoms. The Bertz CT molecular complexity index is 1570. The molecule has 1 radical (unpaired) electrons. The first-order valence-corrected chi connectivity index (χ1v) is 12.7. The average Bonchev–Trinajstić information content (AvgIpc) is 3.00. The first kappa shape index (κ1) is 27.9. The van der Waals surface area contributed by atoms with Gasteiger partial charge in [0, 0.05) is 32.5 Å². The average molecular weight is 681 g/mol. The molecule has 2 aromatic heterocycles. The van der Waals surface area contributed by atoms with Gasteiger partial charge < -0.3 is 9.97 Å². The molecule has 0 bridgehead atoms. The molecule has 193 valence electrons. The van der Waals surface area contributed by atoms with Gasteiger partial charge in [0.15, 0.2) is 0 Å². The van der Waals surface area contributed by atoms with Crippen LogP contribution < -0.4 is 0 Å². The van der Waals surface area contributed by atoms with E-state index >= 15 is 0 Å². The molecule has 0 aliphatic heterocycles. The molecule has 0 unspecified atom stereocenters. The third kappa shape index (κ3) is 7.67. The molecule has 4 aromatic carbocycles. The van der Waals surface area contributed by atoms with Gasteiger partial charge in [0.05, 0.1) is 0 Å². The van der Waals surface area contributed by atoms with Crippen LogP contribution in [0.3, 0.4) is 0 Å². The second-order valence-electron chi connectivity index (χ2n) is 9.01. The molecule has 0 amide bonds. The summed E-state index contributed by atoms with van der Waals surface area (Å²) < 4.78 is 0. The van der Waals surface area contributed by atoms with E-state index in [2.05, 4.69) is 95.8 Å². The number of aryl methyl sites for hydroxylation is 1. The Hall–Kier alpha value is -4.17. The van der Waals surface area contributed by atoms with Crippen molar-refractivity contribution in [3.05, 3.63) is 169 Å². The topological polar surface area (TPSA) is 25.8 Å². The summed E-state index contributed by atoms with van der Waals surface area (Å²) in [5, 5.41) is 0. The Kier molecular flexibility index (Phi) is 10.1. The van der Waals surface area contributed by atoms with Crippen molar-refractivity contribution in [1.29, 1.82) is 0 Å². The van der Waals surface area contributed by atoms with E-state index in [4.69, 9.17) is 0 Å². The molecule has 0 N–H and O–H groups in total. The molecule has 2 nitrogen and oxygen atoms in total. The first-order valence-electron chi connectivity index (χ1n) is 12.7. The quantitative estimate of drug-likeness (QED) is 0.170. The van der Waals surface area contributed by atoms with E-state index in [-0.39, 0.29) is 20.1 Å². The summed E-state index contributed by atoms with van der Waals surface area (Å²) in [7, 11) is 0. The Morgan fingerprint density at radius 2 is 1.31 bits per heavy atom. The number of pyridine rings is 2. The number of nitrogens with zero attached hydrogens (tertiary/aromatic N) is 2. The molecule has 2 heterocycles. The van der Waals surface area contributed by atoms with Crippen molar-refractivity contribution in [2.75, 3.05) is 0 Å². The van der Waals surface area contributed by atoms with E-state index in [1.54, 1.807) is 0 Å². The Morgan fingerprint density at radius 3 is 2.03 bits per heavy atom. The smallest absolute Gasteiger partial charge is 0.0196 e. The minimum absolute atomic E-state index is 0. The molecule has 0 atom stereocenters. The molecule has 39 heavy (non-hydrogen) atoms. The third-order valence-electron chi connectivity index (χ3n) is 6.23. The van der Waals surface area contributed by atoms with Crippen LogP contribution in [-0.4, -0.2) is 9.97 Å². The second-order valence-corrected chi connectivity index (χ2v) is 9.01. The molecule has 0 saturated heterocycles. The maximum absolute atomic E-state index is 4.50. The van der Waals surface area contributed by atoms with Crippen molar-refractivity contribution in [3.63, 3.8) is 0 Å². The monoisotopic (exact) mass is 681 g/mol. The molecule has 6 aromatic rings. The van der Waals surface area contributed by atoms with Crippen molar-refractivity contribution < 1.29 is 20.1 Å². The molecule has 0 aliphatic carbocycles. The Balaban J connectivity index is 0.000000176. The van der Waals surface area contributed by atoms with Crippen LogP contribution in [0.25, 0.3) is 33.6 Å². The largest absolute Gasteiger partial charge is 0.305 e. The van der Waals surface area contributed by atoms with Gasteiger partial charge in [0.1, 0.15) is 0 Å². The van der Waals surface area contributed by atoms with E-state index in [9.17, 15) is 0 Å². The molecule has 6 rings (SSSR count). The number of benzene rings is 4. The van der Waals surface area contributed by atoms with Gasteiger partial charge in [-0.1, -0.05) is 78.9 Å². The zero-order valence-electron chi connectivity index (χ0n) is 21.7. The molecule has 0 aliphatic rings. The fourth-order valence-electron chi connectivity index (χ4n) is 4.28. The number of aromatic nitrogens is 2. The van der Waals surface area contributed by atoms with Crippen molar-refractivity contribution in [1.82, 2.24) is 9.97 Å². The van der Waals surface area contributed by atoms with E-state index in [1.807, 2.05) is 73.1 Å². The zero-order valence-corrected chi connectivity index (χ0v) is 24.1. The SMILES string of the molecule is Cc1cnc(-c2[c-]cccc2)cc1-c1ccccc1.[Ir].[c-]1ccc(Cc2ccccc2)cc1-c1ccccn1. The number of rotatable bonds is 5. The molecular formula is C36H28IrN2-2. The number of hydrogen-bond donors (Lipinski definition) is 0. The maximum Gasteiger partial charge on any atom is 0.0196 e. The predicted molar refractivity (Wildman–Crippen MR) is 156 cm³/mol. The van der Waals surface area contributed by atoms with Crippen LogP contribution in [0, 0.1) is 19.1 Å². The van der Waals surface area contributed by atoms with Crippen LogP contribution in [0.15, 0.2) is 140 Å². The van der Waals surface area contributed by atoms with Crippen LogP contribution in [-0.2, 0) is 26.5 Å². The van der Waals surface area contributed by atoms with Gasteiger partial charge in [-0.05, 0) is 53.1 Å². The van der Waals surface area contributed by atoms with Gasteiger partial charge in [0.25, 0.3) is 0 Å². The van der Waals surface area contributed by atoms with Crippen LogP contribution in [0.2, 0.25) is 0 Å². The van der Waals surface area contributed by atoms with Crippen molar-refractivity contribution >= 4 is 0 Å². The van der Waals surface area contributed by atoms with Crippen LogP contribution >= 0.6 is 0 Å². The van der Waals surface area contributed by atoms with Crippen LogP contribution in [0.5, 0.6) is 0 Å². The second kappa shape index (κ2) is 14.1. The van der Waals surface area contributed by atoms with Crippen LogP contribution in [0.4, 0.5) is 0 Å². The summed E-state index contributed by atoms with van der Waals surface area (Å²) in [6, 6.07) is 49.6. The summed E-state index contributed by atoms with van der Waals surface area (Å²) in [5.74, 6) is 0. The van der Waals surface area contributed by atoms with Gasteiger partial charge in [-0.3, -0.25) is 0 Å². The summed E-state index contributed by atoms with van der Waals surface area (Å²) in [6.07, 6.45) is 4.68. The van der Waals surface area contributed by atoms with Crippen molar-refractivity contribution in [2.45, 2.75) is 13.3 Å². The fourth-order valence-corrected chi connectivity index (χ4v) is 4.28. The van der Waals surface area contributed by atoms with Gasteiger partial charge in [-0.25, -0.2) is 0 Å². The standard InChI is InChI=1S/2C18H14N.Ir/c1-14-13-19-18(16-10-6-3-7-11-16)12-17(14)15-8-4-2-5-9-15;1-2-7-15(8-3-1)13-16-9-6-10-17(14-16)18-11-4-5-12-19-18;/h2-10,12-13H,1H3;1-9,11-12,14H,13H2;/q2*-1;. The van der Waals surface area contributed by atoms with Gasteiger partial charge in [-0.15, -0.1) is 71.3 Å². The van der Waals surface area contributed by atoms with Gasteiger partial charge in [-0.2, -0.15) is 0 Å². The fraction of sp³-hybridized carbons (Fsp3) is 0.0556. The summed E-state index contributed by atoms with van der Waals surface area (Å²) in [4.78, 5) is 8.87. The summed E-state index contributed by atoms with van der Waals surface area (Å²) in [6.45, 7) is 2.09. The van der Waals surface area contributed by atoms with Gasteiger partial charge in [0.2, 0.25) is 0 Å². The summed E-state index contributed by atoms with van der Waals surface area (Å²) in [5.41, 5.74) is 10.2. The Morgan fingerprint density at radius 1 is 0.590 bits per heavy atom. The van der Waals surface area contributed by atoms with Crippen molar-refractivity contribution in [2.24, 2.45) is 0 Å².